The van der Waals surface area contributed by atoms with Gasteiger partial charge < -0.3 is 15.4 Å². The van der Waals surface area contributed by atoms with Crippen molar-refractivity contribution in [1.82, 2.24) is 15.6 Å². The van der Waals surface area contributed by atoms with Crippen molar-refractivity contribution in [3.05, 3.63) is 22.8 Å². The Balaban J connectivity index is 1.89. The zero-order valence-electron chi connectivity index (χ0n) is 11.9. The first kappa shape index (κ1) is 14.9. The van der Waals surface area contributed by atoms with E-state index in [-0.39, 0.29) is 0 Å². The second-order valence-electron chi connectivity index (χ2n) is 5.20. The van der Waals surface area contributed by atoms with Crippen molar-refractivity contribution in [2.45, 2.75) is 26.8 Å². The van der Waals surface area contributed by atoms with Crippen LogP contribution in [-0.4, -0.2) is 30.6 Å². The van der Waals surface area contributed by atoms with Crippen LogP contribution in [-0.2, 0) is 6.54 Å². The lowest BCUT2D eigenvalue weighted by molar-refractivity contribution is 0.261. The lowest BCUT2D eigenvalue weighted by Gasteiger charge is -2.16. The smallest absolute Gasteiger partial charge is 0.232 e. The number of hydrogen-bond acceptors (Lipinski definition) is 5. The molecule has 6 heteroatoms. The van der Waals surface area contributed by atoms with E-state index in [2.05, 4.69) is 34.5 Å². The molecule has 20 heavy (non-hydrogen) atoms. The monoisotopic (exact) mass is 296 g/mol. The molecule has 110 valence electrons. The molecule has 1 aromatic heterocycles. The molecule has 0 amide bonds. The van der Waals surface area contributed by atoms with E-state index in [0.29, 0.717) is 30.0 Å². The van der Waals surface area contributed by atoms with E-state index in [1.165, 1.54) is 0 Å². The third-order valence-corrected chi connectivity index (χ3v) is 3.05. The van der Waals surface area contributed by atoms with Crippen LogP contribution in [0, 0.1) is 5.92 Å². The Hall–Kier alpha value is -1.49. The largest absolute Gasteiger partial charge is 0.476 e. The maximum atomic E-state index is 6.17. The van der Waals surface area contributed by atoms with Crippen LogP contribution in [0.3, 0.4) is 0 Å². The minimum Gasteiger partial charge on any atom is -0.476 e. The highest BCUT2D eigenvalue weighted by molar-refractivity contribution is 6.31. The first-order valence-corrected chi connectivity index (χ1v) is 7.32. The van der Waals surface area contributed by atoms with Gasteiger partial charge in [0.05, 0.1) is 6.61 Å². The summed E-state index contributed by atoms with van der Waals surface area (Å²) in [5.74, 6) is 1.79. The summed E-state index contributed by atoms with van der Waals surface area (Å²) in [4.78, 5) is 8.61. The second-order valence-corrected chi connectivity index (χ2v) is 5.61. The highest BCUT2D eigenvalue weighted by Crippen LogP contribution is 2.22. The minimum absolute atomic E-state index is 0.449. The van der Waals surface area contributed by atoms with Crippen molar-refractivity contribution in [1.29, 1.82) is 0 Å². The van der Waals surface area contributed by atoms with Crippen LogP contribution < -0.4 is 15.4 Å². The standard InChI is InChI=1S/C14H21ClN4O/c1-10(2)9-20-13-12(15)6-11(7-18-13)8-19-14-16-4-3-5-17-14/h6-7,10H,3-5,8-9H2,1-2H3,(H2,16,17,19). The fourth-order valence-corrected chi connectivity index (χ4v) is 1.99. The molecular formula is C14H21ClN4O. The topological polar surface area (TPSA) is 58.5 Å². The quantitative estimate of drug-likeness (QED) is 0.875. The Kier molecular flexibility index (Phi) is 5.47. The van der Waals surface area contributed by atoms with Crippen LogP contribution in [0.15, 0.2) is 17.3 Å². The van der Waals surface area contributed by atoms with Gasteiger partial charge >= 0.3 is 0 Å². The molecule has 0 spiro atoms. The lowest BCUT2D eigenvalue weighted by Crippen LogP contribution is -2.40. The Morgan fingerprint density at radius 1 is 1.50 bits per heavy atom. The van der Waals surface area contributed by atoms with Gasteiger partial charge in [-0.25, -0.2) is 4.98 Å². The molecule has 0 bridgehead atoms. The molecular weight excluding hydrogens is 276 g/mol. The highest BCUT2D eigenvalue weighted by atomic mass is 35.5. The van der Waals surface area contributed by atoms with Gasteiger partial charge in [0.1, 0.15) is 5.02 Å². The molecule has 0 fully saturated rings. The van der Waals surface area contributed by atoms with Crippen LogP contribution in [0.4, 0.5) is 0 Å². The summed E-state index contributed by atoms with van der Waals surface area (Å²) < 4.78 is 5.55. The summed E-state index contributed by atoms with van der Waals surface area (Å²) in [6.07, 6.45) is 2.86. The fraction of sp³-hybridized carbons (Fsp3) is 0.571. The summed E-state index contributed by atoms with van der Waals surface area (Å²) in [6, 6.07) is 1.88. The van der Waals surface area contributed by atoms with Gasteiger partial charge in [0.2, 0.25) is 5.88 Å². The highest BCUT2D eigenvalue weighted by Gasteiger charge is 2.07. The molecule has 1 aromatic rings. The molecule has 0 saturated carbocycles. The normalized spacial score (nSPS) is 14.7. The van der Waals surface area contributed by atoms with Crippen LogP contribution in [0.2, 0.25) is 5.02 Å². The molecule has 0 saturated heterocycles. The van der Waals surface area contributed by atoms with Crippen LogP contribution in [0.25, 0.3) is 0 Å². The third kappa shape index (κ3) is 4.56. The van der Waals surface area contributed by atoms with Gasteiger partial charge in [-0.1, -0.05) is 25.4 Å². The number of aromatic nitrogens is 1. The molecule has 0 unspecified atom stereocenters. The number of halogens is 1. The van der Waals surface area contributed by atoms with Crippen molar-refractivity contribution >= 4 is 17.6 Å². The number of nitrogens with one attached hydrogen (secondary N) is 2. The van der Waals surface area contributed by atoms with E-state index in [1.807, 2.05) is 6.07 Å². The lowest BCUT2D eigenvalue weighted by atomic mass is 10.2. The van der Waals surface area contributed by atoms with Crippen molar-refractivity contribution in [3.63, 3.8) is 0 Å². The summed E-state index contributed by atoms with van der Waals surface area (Å²) >= 11 is 6.17. The first-order chi connectivity index (χ1) is 9.65. The first-order valence-electron chi connectivity index (χ1n) is 6.94. The number of rotatable bonds is 5. The maximum Gasteiger partial charge on any atom is 0.232 e. The Bertz CT molecular complexity index is 476. The third-order valence-electron chi connectivity index (χ3n) is 2.77. The number of ether oxygens (including phenoxy) is 1. The van der Waals surface area contributed by atoms with Gasteiger partial charge in [-0.3, -0.25) is 4.99 Å². The predicted molar refractivity (Wildman–Crippen MR) is 81.3 cm³/mol. The van der Waals surface area contributed by atoms with E-state index in [1.54, 1.807) is 6.20 Å². The van der Waals surface area contributed by atoms with Crippen molar-refractivity contribution in [3.8, 4) is 5.88 Å². The molecule has 2 N–H and O–H groups in total. The number of guanidine groups is 1. The molecule has 1 aliphatic heterocycles. The number of aliphatic imine (C=N–C) groups is 1. The molecule has 0 aromatic carbocycles. The van der Waals surface area contributed by atoms with Gasteiger partial charge in [-0.15, -0.1) is 0 Å². The van der Waals surface area contributed by atoms with E-state index >= 15 is 0 Å². The van der Waals surface area contributed by atoms with Crippen molar-refractivity contribution in [2.75, 3.05) is 19.7 Å². The van der Waals surface area contributed by atoms with Crippen LogP contribution in [0.1, 0.15) is 25.8 Å². The maximum absolute atomic E-state index is 6.17. The van der Waals surface area contributed by atoms with E-state index in [9.17, 15) is 0 Å². The minimum atomic E-state index is 0.449. The average Bonchev–Trinajstić information content (AvgIpc) is 2.45. The van der Waals surface area contributed by atoms with Gasteiger partial charge in [0.15, 0.2) is 5.96 Å². The van der Waals surface area contributed by atoms with Gasteiger partial charge in [-0.2, -0.15) is 0 Å². The van der Waals surface area contributed by atoms with E-state index in [0.717, 1.165) is 31.0 Å². The SMILES string of the molecule is CC(C)COc1ncc(CNC2=NCCCN2)cc1Cl. The Morgan fingerprint density at radius 2 is 2.35 bits per heavy atom. The van der Waals surface area contributed by atoms with Gasteiger partial charge in [0.25, 0.3) is 0 Å². The van der Waals surface area contributed by atoms with Gasteiger partial charge in [0, 0.05) is 25.8 Å². The number of hydrogen-bond donors (Lipinski definition) is 2. The van der Waals surface area contributed by atoms with Crippen LogP contribution >= 0.6 is 11.6 Å². The molecule has 2 rings (SSSR count). The summed E-state index contributed by atoms with van der Waals surface area (Å²) in [7, 11) is 0. The summed E-state index contributed by atoms with van der Waals surface area (Å²) in [5.41, 5.74) is 1.00. The van der Waals surface area contributed by atoms with E-state index in [4.69, 9.17) is 16.3 Å². The molecule has 1 aliphatic rings. The van der Waals surface area contributed by atoms with Gasteiger partial charge in [-0.05, 0) is 24.0 Å². The van der Waals surface area contributed by atoms with Crippen molar-refractivity contribution in [2.24, 2.45) is 10.9 Å². The van der Waals surface area contributed by atoms with Crippen LogP contribution in [0.5, 0.6) is 5.88 Å². The zero-order valence-corrected chi connectivity index (χ0v) is 12.7. The summed E-state index contributed by atoms with van der Waals surface area (Å²) in [6.45, 7) is 7.27. The fourth-order valence-electron chi connectivity index (χ4n) is 1.75. The van der Waals surface area contributed by atoms with E-state index < -0.39 is 0 Å². The molecule has 2 heterocycles. The molecule has 0 radical (unpaired) electrons. The predicted octanol–water partition coefficient (Wildman–Crippen LogP) is 2.21. The molecule has 0 atom stereocenters. The number of pyridine rings is 1. The second kappa shape index (κ2) is 7.33. The average molecular weight is 297 g/mol. The van der Waals surface area contributed by atoms with Crippen molar-refractivity contribution < 1.29 is 4.74 Å². The molecule has 5 nitrogen and oxygen atoms in total. The summed E-state index contributed by atoms with van der Waals surface area (Å²) in [5, 5.41) is 6.99. The Labute approximate surface area is 124 Å². The zero-order chi connectivity index (χ0) is 14.4. The number of nitrogens with zero attached hydrogens (tertiary/aromatic N) is 2. The Morgan fingerprint density at radius 3 is 3.00 bits per heavy atom. The molecule has 0 aliphatic carbocycles.